The number of rotatable bonds is 6. The minimum atomic E-state index is 0.222. The Morgan fingerprint density at radius 2 is 1.24 bits per heavy atom. The predicted octanol–water partition coefficient (Wildman–Crippen LogP) is 5.17. The Morgan fingerprint density at radius 1 is 0.680 bits per heavy atom. The zero-order chi connectivity index (χ0) is 17.6. The summed E-state index contributed by atoms with van der Waals surface area (Å²) in [7, 11) is 0. The van der Waals surface area contributed by atoms with Gasteiger partial charge in [-0.05, 0) is 48.7 Å². The SMILES string of the molecule is Cc1ccccc1OCc1cccc(O)c1COc1ccccc1C. The van der Waals surface area contributed by atoms with E-state index in [0.717, 1.165) is 33.8 Å². The van der Waals surface area contributed by atoms with Gasteiger partial charge < -0.3 is 14.6 Å². The second-order valence-electron chi connectivity index (χ2n) is 6.02. The molecule has 0 unspecified atom stereocenters. The minimum absolute atomic E-state index is 0.222. The molecule has 3 nitrogen and oxygen atoms in total. The highest BCUT2D eigenvalue weighted by molar-refractivity contribution is 5.40. The topological polar surface area (TPSA) is 38.7 Å². The van der Waals surface area contributed by atoms with Crippen molar-refractivity contribution >= 4 is 0 Å². The molecule has 0 aliphatic carbocycles. The van der Waals surface area contributed by atoms with Crippen molar-refractivity contribution in [3.8, 4) is 17.2 Å². The zero-order valence-corrected chi connectivity index (χ0v) is 14.5. The Kier molecular flexibility index (Phi) is 5.24. The number of hydrogen-bond donors (Lipinski definition) is 1. The molecular formula is C22H22O3. The molecule has 1 N–H and O–H groups in total. The van der Waals surface area contributed by atoms with Gasteiger partial charge in [-0.25, -0.2) is 0 Å². The monoisotopic (exact) mass is 334 g/mol. The highest BCUT2D eigenvalue weighted by Gasteiger charge is 2.11. The Bertz CT molecular complexity index is 855. The van der Waals surface area contributed by atoms with E-state index in [1.165, 1.54) is 0 Å². The summed E-state index contributed by atoms with van der Waals surface area (Å²) in [6.07, 6.45) is 0. The lowest BCUT2D eigenvalue weighted by Gasteiger charge is -2.15. The Labute approximate surface area is 148 Å². The average molecular weight is 334 g/mol. The molecule has 0 saturated heterocycles. The van der Waals surface area contributed by atoms with E-state index >= 15 is 0 Å². The molecule has 3 aromatic carbocycles. The number of aryl methyl sites for hydroxylation is 2. The van der Waals surface area contributed by atoms with E-state index in [1.54, 1.807) is 6.07 Å². The molecule has 0 atom stereocenters. The van der Waals surface area contributed by atoms with Gasteiger partial charge in [0.2, 0.25) is 0 Å². The molecule has 3 heteroatoms. The first-order valence-electron chi connectivity index (χ1n) is 8.32. The van der Waals surface area contributed by atoms with Gasteiger partial charge in [0.1, 0.15) is 30.5 Å². The van der Waals surface area contributed by atoms with Crippen molar-refractivity contribution in [1.29, 1.82) is 0 Å². The number of phenols is 1. The highest BCUT2D eigenvalue weighted by Crippen LogP contribution is 2.26. The van der Waals surface area contributed by atoms with E-state index in [9.17, 15) is 5.11 Å². The van der Waals surface area contributed by atoms with Crippen LogP contribution in [0.25, 0.3) is 0 Å². The molecule has 0 amide bonds. The number of ether oxygens (including phenoxy) is 2. The summed E-state index contributed by atoms with van der Waals surface area (Å²) in [4.78, 5) is 0. The lowest BCUT2D eigenvalue weighted by Crippen LogP contribution is -2.05. The van der Waals surface area contributed by atoms with E-state index in [1.807, 2.05) is 74.5 Å². The maximum absolute atomic E-state index is 10.3. The summed E-state index contributed by atoms with van der Waals surface area (Å²) in [6, 6.07) is 21.2. The van der Waals surface area contributed by atoms with Gasteiger partial charge in [0.05, 0.1) is 0 Å². The molecule has 0 spiro atoms. The first-order chi connectivity index (χ1) is 12.1. The predicted molar refractivity (Wildman–Crippen MR) is 99.1 cm³/mol. The van der Waals surface area contributed by atoms with Crippen LogP contribution in [0.1, 0.15) is 22.3 Å². The number of para-hydroxylation sites is 2. The number of hydrogen-bond acceptors (Lipinski definition) is 3. The number of aromatic hydroxyl groups is 1. The van der Waals surface area contributed by atoms with Gasteiger partial charge in [0, 0.05) is 5.56 Å². The second kappa shape index (κ2) is 7.75. The summed E-state index contributed by atoms with van der Waals surface area (Å²) in [6.45, 7) is 4.69. The van der Waals surface area contributed by atoms with Gasteiger partial charge in [-0.1, -0.05) is 48.5 Å². The van der Waals surface area contributed by atoms with Crippen molar-refractivity contribution in [3.05, 3.63) is 89.0 Å². The molecule has 0 saturated carbocycles. The summed E-state index contributed by atoms with van der Waals surface area (Å²) in [5.41, 5.74) is 3.81. The third-order valence-electron chi connectivity index (χ3n) is 4.19. The van der Waals surface area contributed by atoms with Gasteiger partial charge in [-0.2, -0.15) is 0 Å². The number of benzene rings is 3. The van der Waals surface area contributed by atoms with Crippen LogP contribution in [0.2, 0.25) is 0 Å². The van der Waals surface area contributed by atoms with Crippen LogP contribution in [0.3, 0.4) is 0 Å². The van der Waals surface area contributed by atoms with Crippen molar-refractivity contribution in [2.75, 3.05) is 0 Å². The maximum atomic E-state index is 10.3. The van der Waals surface area contributed by atoms with Gasteiger partial charge >= 0.3 is 0 Å². The molecule has 3 aromatic rings. The third kappa shape index (κ3) is 4.13. The fraction of sp³-hybridized carbons (Fsp3) is 0.182. The summed E-state index contributed by atoms with van der Waals surface area (Å²) in [5.74, 6) is 1.88. The van der Waals surface area contributed by atoms with Crippen molar-refractivity contribution in [2.45, 2.75) is 27.1 Å². The fourth-order valence-corrected chi connectivity index (χ4v) is 2.67. The summed E-state index contributed by atoms with van der Waals surface area (Å²) >= 11 is 0. The Morgan fingerprint density at radius 3 is 1.84 bits per heavy atom. The lowest BCUT2D eigenvalue weighted by atomic mass is 10.1. The quantitative estimate of drug-likeness (QED) is 0.676. The van der Waals surface area contributed by atoms with Crippen LogP contribution in [0.4, 0.5) is 0 Å². The van der Waals surface area contributed by atoms with Gasteiger partial charge in [-0.15, -0.1) is 0 Å². The van der Waals surface area contributed by atoms with Crippen LogP contribution in [0.15, 0.2) is 66.7 Å². The average Bonchev–Trinajstić information content (AvgIpc) is 2.61. The van der Waals surface area contributed by atoms with E-state index in [-0.39, 0.29) is 5.75 Å². The first kappa shape index (κ1) is 16.9. The van der Waals surface area contributed by atoms with Gasteiger partial charge in [-0.3, -0.25) is 0 Å². The largest absolute Gasteiger partial charge is 0.508 e. The van der Waals surface area contributed by atoms with E-state index in [2.05, 4.69) is 0 Å². The fourth-order valence-electron chi connectivity index (χ4n) is 2.67. The van der Waals surface area contributed by atoms with Crippen LogP contribution < -0.4 is 9.47 Å². The standard InChI is InChI=1S/C22H22O3/c1-16-8-3-5-12-21(16)24-14-18-10-7-11-20(23)19(18)15-25-22-13-6-4-9-17(22)2/h3-13,23H,14-15H2,1-2H3. The molecule has 0 aliphatic heterocycles. The molecule has 0 aliphatic rings. The smallest absolute Gasteiger partial charge is 0.122 e. The minimum Gasteiger partial charge on any atom is -0.508 e. The third-order valence-corrected chi connectivity index (χ3v) is 4.19. The molecule has 3 rings (SSSR count). The number of phenolic OH excluding ortho intramolecular Hbond substituents is 1. The van der Waals surface area contributed by atoms with Crippen molar-refractivity contribution in [3.63, 3.8) is 0 Å². The highest BCUT2D eigenvalue weighted by atomic mass is 16.5. The molecule has 25 heavy (non-hydrogen) atoms. The molecule has 0 bridgehead atoms. The van der Waals surface area contributed by atoms with Crippen molar-refractivity contribution in [1.82, 2.24) is 0 Å². The van der Waals surface area contributed by atoms with Gasteiger partial charge in [0.15, 0.2) is 0 Å². The van der Waals surface area contributed by atoms with E-state index in [4.69, 9.17) is 9.47 Å². The summed E-state index contributed by atoms with van der Waals surface area (Å²) < 4.78 is 11.8. The van der Waals surface area contributed by atoms with Crippen LogP contribution >= 0.6 is 0 Å². The normalized spacial score (nSPS) is 10.5. The van der Waals surface area contributed by atoms with Crippen molar-refractivity contribution in [2.24, 2.45) is 0 Å². The molecule has 0 radical (unpaired) electrons. The molecule has 0 heterocycles. The van der Waals surface area contributed by atoms with E-state index < -0.39 is 0 Å². The molecule has 0 aromatic heterocycles. The summed E-state index contributed by atoms with van der Waals surface area (Å²) in [5, 5.41) is 10.3. The Balaban J connectivity index is 1.75. The Hall–Kier alpha value is -2.94. The van der Waals surface area contributed by atoms with E-state index in [0.29, 0.717) is 13.2 Å². The first-order valence-corrected chi connectivity index (χ1v) is 8.32. The van der Waals surface area contributed by atoms with Crippen LogP contribution in [-0.2, 0) is 13.2 Å². The van der Waals surface area contributed by atoms with Crippen molar-refractivity contribution < 1.29 is 14.6 Å². The molecule has 0 fully saturated rings. The van der Waals surface area contributed by atoms with Crippen LogP contribution in [0.5, 0.6) is 17.2 Å². The van der Waals surface area contributed by atoms with Crippen LogP contribution in [-0.4, -0.2) is 5.11 Å². The van der Waals surface area contributed by atoms with Gasteiger partial charge in [0.25, 0.3) is 0 Å². The molecule has 128 valence electrons. The molecular weight excluding hydrogens is 312 g/mol. The lowest BCUT2D eigenvalue weighted by molar-refractivity contribution is 0.278. The zero-order valence-electron chi connectivity index (χ0n) is 14.5. The van der Waals surface area contributed by atoms with Crippen LogP contribution in [0, 0.1) is 13.8 Å². The maximum Gasteiger partial charge on any atom is 0.122 e. The second-order valence-corrected chi connectivity index (χ2v) is 6.02.